The van der Waals surface area contributed by atoms with E-state index in [9.17, 15) is 8.42 Å². The van der Waals surface area contributed by atoms with E-state index >= 15 is 0 Å². The average molecular weight is 402 g/mol. The number of nitrogens with one attached hydrogen (secondary N) is 1. The van der Waals surface area contributed by atoms with Crippen LogP contribution in [0.4, 0.5) is 5.69 Å². The van der Waals surface area contributed by atoms with Gasteiger partial charge in [0.2, 0.25) is 0 Å². The summed E-state index contributed by atoms with van der Waals surface area (Å²) in [5, 5.41) is 0.660. The van der Waals surface area contributed by atoms with Crippen LogP contribution in [0.5, 0.6) is 5.75 Å². The first-order chi connectivity index (χ1) is 12.8. The molecule has 0 aliphatic rings. The Morgan fingerprint density at radius 2 is 1.70 bits per heavy atom. The van der Waals surface area contributed by atoms with E-state index in [4.69, 9.17) is 16.3 Å². The van der Waals surface area contributed by atoms with Crippen LogP contribution in [0.2, 0.25) is 5.02 Å². The molecular formula is C21H20ClNO3S. The first-order valence-electron chi connectivity index (χ1n) is 8.41. The van der Waals surface area contributed by atoms with Crippen molar-refractivity contribution in [3.05, 3.63) is 88.4 Å². The van der Waals surface area contributed by atoms with Gasteiger partial charge in [0.05, 0.1) is 4.90 Å². The number of ether oxygens (including phenoxy) is 1. The summed E-state index contributed by atoms with van der Waals surface area (Å²) in [6.07, 6.45) is 0. The zero-order valence-corrected chi connectivity index (χ0v) is 16.6. The summed E-state index contributed by atoms with van der Waals surface area (Å²) < 4.78 is 33.7. The van der Waals surface area contributed by atoms with Gasteiger partial charge in [-0.25, -0.2) is 8.42 Å². The third-order valence-corrected chi connectivity index (χ3v) is 5.87. The van der Waals surface area contributed by atoms with Crippen LogP contribution in [0.15, 0.2) is 71.6 Å². The molecule has 0 aliphatic heterocycles. The molecule has 0 saturated carbocycles. The maximum Gasteiger partial charge on any atom is 0.262 e. The Labute approximate surface area is 164 Å². The maximum absolute atomic E-state index is 12.6. The fourth-order valence-electron chi connectivity index (χ4n) is 2.73. The van der Waals surface area contributed by atoms with Gasteiger partial charge in [0.25, 0.3) is 10.0 Å². The molecule has 0 bridgehead atoms. The molecule has 0 saturated heterocycles. The molecule has 3 aromatic carbocycles. The Morgan fingerprint density at radius 3 is 2.44 bits per heavy atom. The highest BCUT2D eigenvalue weighted by Gasteiger charge is 2.16. The molecule has 1 N–H and O–H groups in total. The van der Waals surface area contributed by atoms with Crippen molar-refractivity contribution in [3.63, 3.8) is 0 Å². The molecule has 0 radical (unpaired) electrons. The summed E-state index contributed by atoms with van der Waals surface area (Å²) in [6.45, 7) is 4.02. The first kappa shape index (κ1) is 19.3. The van der Waals surface area contributed by atoms with E-state index in [1.165, 1.54) is 0 Å². The van der Waals surface area contributed by atoms with Crippen molar-refractivity contribution in [2.45, 2.75) is 25.3 Å². The van der Waals surface area contributed by atoms with E-state index in [-0.39, 0.29) is 4.90 Å². The van der Waals surface area contributed by atoms with Crippen LogP contribution in [0.3, 0.4) is 0 Å². The molecule has 140 valence electrons. The SMILES string of the molecule is Cc1cc(Cl)ccc1OCc1cccc(NS(=O)(=O)c2ccccc2C)c1. The molecule has 0 fully saturated rings. The molecule has 27 heavy (non-hydrogen) atoms. The summed E-state index contributed by atoms with van der Waals surface area (Å²) >= 11 is 5.96. The number of benzene rings is 3. The minimum absolute atomic E-state index is 0.267. The molecule has 0 aliphatic carbocycles. The highest BCUT2D eigenvalue weighted by molar-refractivity contribution is 7.92. The van der Waals surface area contributed by atoms with Gasteiger partial charge in [-0.15, -0.1) is 0 Å². The van der Waals surface area contributed by atoms with Crippen LogP contribution >= 0.6 is 11.6 Å². The Kier molecular flexibility index (Phi) is 5.73. The second kappa shape index (κ2) is 8.03. The molecule has 3 rings (SSSR count). The van der Waals surface area contributed by atoms with Crippen LogP contribution in [0, 0.1) is 13.8 Å². The average Bonchev–Trinajstić information content (AvgIpc) is 2.61. The predicted octanol–water partition coefficient (Wildman–Crippen LogP) is 5.34. The molecule has 3 aromatic rings. The fourth-order valence-corrected chi connectivity index (χ4v) is 4.25. The summed E-state index contributed by atoms with van der Waals surface area (Å²) in [7, 11) is -3.64. The van der Waals surface area contributed by atoms with Crippen LogP contribution < -0.4 is 9.46 Å². The van der Waals surface area contributed by atoms with Crippen molar-refractivity contribution < 1.29 is 13.2 Å². The second-order valence-corrected chi connectivity index (χ2v) is 8.36. The number of sulfonamides is 1. The zero-order valence-electron chi connectivity index (χ0n) is 15.1. The Balaban J connectivity index is 1.75. The minimum Gasteiger partial charge on any atom is -0.489 e. The number of anilines is 1. The third kappa shape index (κ3) is 4.81. The number of aryl methyl sites for hydroxylation is 2. The smallest absolute Gasteiger partial charge is 0.262 e. The van der Waals surface area contributed by atoms with Crippen molar-refractivity contribution >= 4 is 27.3 Å². The van der Waals surface area contributed by atoms with E-state index in [0.29, 0.717) is 22.9 Å². The van der Waals surface area contributed by atoms with Crippen LogP contribution in [0.1, 0.15) is 16.7 Å². The van der Waals surface area contributed by atoms with Crippen LogP contribution in [0.25, 0.3) is 0 Å². The van der Waals surface area contributed by atoms with E-state index in [0.717, 1.165) is 16.9 Å². The van der Waals surface area contributed by atoms with Crippen molar-refractivity contribution in [1.82, 2.24) is 0 Å². The molecular weight excluding hydrogens is 382 g/mol. The highest BCUT2D eigenvalue weighted by Crippen LogP contribution is 2.24. The summed E-state index contributed by atoms with van der Waals surface area (Å²) in [6, 6.07) is 19.5. The van der Waals surface area contributed by atoms with Gasteiger partial charge in [-0.2, -0.15) is 0 Å². The van der Waals surface area contributed by atoms with Crippen LogP contribution in [-0.2, 0) is 16.6 Å². The monoisotopic (exact) mass is 401 g/mol. The van der Waals surface area contributed by atoms with Gasteiger partial charge in [0.1, 0.15) is 12.4 Å². The molecule has 4 nitrogen and oxygen atoms in total. The number of halogens is 1. The van der Waals surface area contributed by atoms with Crippen molar-refractivity contribution in [2.24, 2.45) is 0 Å². The Morgan fingerprint density at radius 1 is 0.926 bits per heavy atom. The summed E-state index contributed by atoms with van der Waals surface area (Å²) in [4.78, 5) is 0.267. The lowest BCUT2D eigenvalue weighted by Crippen LogP contribution is -2.14. The highest BCUT2D eigenvalue weighted by atomic mass is 35.5. The third-order valence-electron chi connectivity index (χ3n) is 4.09. The molecule has 0 unspecified atom stereocenters. The van der Waals surface area contributed by atoms with Gasteiger partial charge >= 0.3 is 0 Å². The molecule has 0 aromatic heterocycles. The van der Waals surface area contributed by atoms with Gasteiger partial charge in [-0.3, -0.25) is 4.72 Å². The van der Waals surface area contributed by atoms with Crippen molar-refractivity contribution in [3.8, 4) is 5.75 Å². The molecule has 0 spiro atoms. The fraction of sp³-hybridized carbons (Fsp3) is 0.143. The maximum atomic E-state index is 12.6. The van der Waals surface area contributed by atoms with E-state index < -0.39 is 10.0 Å². The van der Waals surface area contributed by atoms with Gasteiger partial charge in [0, 0.05) is 10.7 Å². The number of rotatable bonds is 6. The molecule has 6 heteroatoms. The topological polar surface area (TPSA) is 55.4 Å². The largest absolute Gasteiger partial charge is 0.489 e. The van der Waals surface area contributed by atoms with Gasteiger partial charge in [-0.05, 0) is 66.9 Å². The lowest BCUT2D eigenvalue weighted by atomic mass is 10.2. The Bertz CT molecular complexity index is 1060. The first-order valence-corrected chi connectivity index (χ1v) is 10.3. The van der Waals surface area contributed by atoms with E-state index in [1.54, 1.807) is 49.4 Å². The second-order valence-electron chi connectivity index (χ2n) is 6.27. The number of hydrogen-bond acceptors (Lipinski definition) is 3. The Hall–Kier alpha value is -2.50. The lowest BCUT2D eigenvalue weighted by Gasteiger charge is -2.12. The quantitative estimate of drug-likeness (QED) is 0.606. The van der Waals surface area contributed by atoms with E-state index in [1.807, 2.05) is 31.2 Å². The van der Waals surface area contributed by atoms with Crippen molar-refractivity contribution in [1.29, 1.82) is 0 Å². The number of hydrogen-bond donors (Lipinski definition) is 1. The summed E-state index contributed by atoms with van der Waals surface area (Å²) in [5.41, 5.74) is 2.99. The normalized spacial score (nSPS) is 11.2. The lowest BCUT2D eigenvalue weighted by molar-refractivity contribution is 0.304. The molecule has 0 heterocycles. The van der Waals surface area contributed by atoms with Crippen molar-refractivity contribution in [2.75, 3.05) is 4.72 Å². The minimum atomic E-state index is -3.64. The zero-order chi connectivity index (χ0) is 19.4. The predicted molar refractivity (Wildman–Crippen MR) is 109 cm³/mol. The van der Waals surface area contributed by atoms with Gasteiger partial charge < -0.3 is 4.74 Å². The standard InChI is InChI=1S/C21H20ClNO3S/c1-15-6-3-4-9-21(15)27(24,25)23-19-8-5-7-17(13-19)14-26-20-11-10-18(22)12-16(20)2/h3-13,23H,14H2,1-2H3. The summed E-state index contributed by atoms with van der Waals surface area (Å²) in [5.74, 6) is 0.741. The van der Waals surface area contributed by atoms with Gasteiger partial charge in [0.15, 0.2) is 0 Å². The van der Waals surface area contributed by atoms with E-state index in [2.05, 4.69) is 4.72 Å². The van der Waals surface area contributed by atoms with Crippen LogP contribution in [-0.4, -0.2) is 8.42 Å². The molecule has 0 atom stereocenters. The van der Waals surface area contributed by atoms with Gasteiger partial charge in [-0.1, -0.05) is 41.9 Å². The molecule has 0 amide bonds.